The summed E-state index contributed by atoms with van der Waals surface area (Å²) in [5.74, 6) is 3.08. The molecule has 1 aromatic carbocycles. The number of nitrogens with zero attached hydrogens (tertiary/aromatic N) is 6. The van der Waals surface area contributed by atoms with E-state index in [0.717, 1.165) is 42.3 Å². The van der Waals surface area contributed by atoms with Gasteiger partial charge in [-0.05, 0) is 48.9 Å². The Labute approximate surface area is 210 Å². The molecule has 0 radical (unpaired) electrons. The molecule has 1 aliphatic rings. The van der Waals surface area contributed by atoms with Crippen LogP contribution in [0, 0.1) is 12.8 Å². The van der Waals surface area contributed by atoms with Crippen molar-refractivity contribution in [1.82, 2.24) is 30.2 Å². The Kier molecular flexibility index (Phi) is 6.90. The van der Waals surface area contributed by atoms with Crippen LogP contribution in [0.2, 0.25) is 0 Å². The number of hydrogen-bond acceptors (Lipinski definition) is 8. The van der Waals surface area contributed by atoms with Crippen molar-refractivity contribution < 1.29 is 4.79 Å². The molecule has 0 aliphatic carbocycles. The zero-order valence-electron chi connectivity index (χ0n) is 20.3. The van der Waals surface area contributed by atoms with Crippen LogP contribution in [0.25, 0.3) is 11.5 Å². The number of aryl methyl sites for hydroxylation is 1. The molecule has 4 aromatic rings. The summed E-state index contributed by atoms with van der Waals surface area (Å²) in [7, 11) is 0. The van der Waals surface area contributed by atoms with E-state index in [9.17, 15) is 4.79 Å². The van der Waals surface area contributed by atoms with E-state index in [2.05, 4.69) is 35.6 Å². The van der Waals surface area contributed by atoms with Crippen LogP contribution in [0.15, 0.2) is 67.0 Å². The van der Waals surface area contributed by atoms with Crippen molar-refractivity contribution in [3.05, 3.63) is 84.1 Å². The van der Waals surface area contributed by atoms with E-state index < -0.39 is 0 Å². The number of carbonyl (C=O) groups excluding carboxylic acids is 1. The van der Waals surface area contributed by atoms with Gasteiger partial charge in [0.1, 0.15) is 23.2 Å². The third kappa shape index (κ3) is 5.69. The Morgan fingerprint density at radius 1 is 0.972 bits per heavy atom. The first-order valence-corrected chi connectivity index (χ1v) is 12.0. The van der Waals surface area contributed by atoms with Crippen molar-refractivity contribution in [2.24, 2.45) is 5.92 Å². The van der Waals surface area contributed by atoms with Crippen LogP contribution in [-0.4, -0.2) is 50.5 Å². The Morgan fingerprint density at radius 2 is 1.72 bits per heavy atom. The number of nitrogens with one attached hydrogen (secondary N) is 2. The fourth-order valence-corrected chi connectivity index (χ4v) is 4.03. The first kappa shape index (κ1) is 23.5. The molecule has 0 spiro atoms. The van der Waals surface area contributed by atoms with Crippen molar-refractivity contribution in [2.45, 2.75) is 20.3 Å². The van der Waals surface area contributed by atoms with E-state index in [1.807, 2.05) is 54.3 Å². The van der Waals surface area contributed by atoms with Gasteiger partial charge in [0.05, 0.1) is 0 Å². The number of aromatic nitrogens is 5. The van der Waals surface area contributed by atoms with Gasteiger partial charge >= 0.3 is 0 Å². The van der Waals surface area contributed by atoms with Crippen LogP contribution in [0.5, 0.6) is 0 Å². The van der Waals surface area contributed by atoms with Crippen molar-refractivity contribution >= 4 is 23.2 Å². The molecule has 9 heteroatoms. The molecule has 4 heterocycles. The standard InChI is InChI=1S/C27H28N8O/c1-18-4-3-5-23(31-18)27-30-13-11-25(34-27)32-24-10-12-29-26(33-24)14-20-6-8-22(9-7-20)35(19(2)36)17-21-15-28-16-21/h3-13,21,28H,14-17H2,1-2H3,(H,29,30,32,33,34). The summed E-state index contributed by atoms with van der Waals surface area (Å²) < 4.78 is 0. The average molecular weight is 481 g/mol. The third-order valence-electron chi connectivity index (χ3n) is 6.03. The van der Waals surface area contributed by atoms with Gasteiger partial charge in [-0.25, -0.2) is 24.9 Å². The lowest BCUT2D eigenvalue weighted by atomic mass is 10.0. The van der Waals surface area contributed by atoms with Crippen molar-refractivity contribution in [3.63, 3.8) is 0 Å². The lowest BCUT2D eigenvalue weighted by Crippen LogP contribution is -2.49. The number of carbonyl (C=O) groups is 1. The van der Waals surface area contributed by atoms with Crippen molar-refractivity contribution in [2.75, 3.05) is 29.9 Å². The molecule has 3 aromatic heterocycles. The fraction of sp³-hybridized carbons (Fsp3) is 0.259. The van der Waals surface area contributed by atoms with Gasteiger partial charge in [0.15, 0.2) is 5.82 Å². The first-order chi connectivity index (χ1) is 17.5. The Bertz CT molecular complexity index is 1350. The molecule has 0 unspecified atom stereocenters. The molecule has 5 rings (SSSR count). The van der Waals surface area contributed by atoms with Gasteiger partial charge in [0.2, 0.25) is 5.91 Å². The molecule has 2 N–H and O–H groups in total. The SMILES string of the molecule is CC(=O)N(CC1CNC1)c1ccc(Cc2nccc(Nc3ccnc(-c4cccc(C)n4)n3)n2)cc1. The Balaban J connectivity index is 1.26. The molecule has 36 heavy (non-hydrogen) atoms. The summed E-state index contributed by atoms with van der Waals surface area (Å²) in [4.78, 5) is 36.5. The molecule has 1 aliphatic heterocycles. The topological polar surface area (TPSA) is 109 Å². The summed E-state index contributed by atoms with van der Waals surface area (Å²) in [5.41, 5.74) is 3.61. The van der Waals surface area contributed by atoms with Gasteiger partial charge in [0, 0.05) is 62.7 Å². The summed E-state index contributed by atoms with van der Waals surface area (Å²) >= 11 is 0. The lowest BCUT2D eigenvalue weighted by Gasteiger charge is -2.32. The minimum atomic E-state index is 0.0582. The van der Waals surface area contributed by atoms with E-state index in [0.29, 0.717) is 35.6 Å². The van der Waals surface area contributed by atoms with Gasteiger partial charge in [-0.3, -0.25) is 4.79 Å². The van der Waals surface area contributed by atoms with Gasteiger partial charge in [-0.1, -0.05) is 18.2 Å². The van der Waals surface area contributed by atoms with E-state index in [-0.39, 0.29) is 5.91 Å². The maximum atomic E-state index is 12.2. The Hall–Kier alpha value is -4.24. The Morgan fingerprint density at radius 3 is 2.42 bits per heavy atom. The van der Waals surface area contributed by atoms with Crippen molar-refractivity contribution in [1.29, 1.82) is 0 Å². The van der Waals surface area contributed by atoms with Crippen molar-refractivity contribution in [3.8, 4) is 11.5 Å². The maximum Gasteiger partial charge on any atom is 0.223 e. The first-order valence-electron chi connectivity index (χ1n) is 12.0. The molecular formula is C27H28N8O. The minimum absolute atomic E-state index is 0.0582. The number of rotatable bonds is 8. The molecule has 0 saturated carbocycles. The quantitative estimate of drug-likeness (QED) is 0.394. The van der Waals surface area contributed by atoms with Gasteiger partial charge in [0.25, 0.3) is 0 Å². The smallest absolute Gasteiger partial charge is 0.223 e. The number of pyridine rings is 1. The molecule has 1 saturated heterocycles. The van der Waals surface area contributed by atoms with E-state index >= 15 is 0 Å². The van der Waals surface area contributed by atoms with Crippen LogP contribution >= 0.6 is 0 Å². The summed E-state index contributed by atoms with van der Waals surface area (Å²) in [5, 5.41) is 6.50. The predicted molar refractivity (Wildman–Crippen MR) is 139 cm³/mol. The second-order valence-electron chi connectivity index (χ2n) is 8.91. The van der Waals surface area contributed by atoms with E-state index in [4.69, 9.17) is 0 Å². The summed E-state index contributed by atoms with van der Waals surface area (Å²) in [6, 6.07) is 17.4. The molecule has 1 fully saturated rings. The summed E-state index contributed by atoms with van der Waals surface area (Å²) in [6.07, 6.45) is 4.00. The highest BCUT2D eigenvalue weighted by molar-refractivity contribution is 5.91. The normalized spacial score (nSPS) is 13.2. The van der Waals surface area contributed by atoms with Crippen LogP contribution in [0.4, 0.5) is 17.3 Å². The molecule has 0 atom stereocenters. The number of amides is 1. The van der Waals surface area contributed by atoms with Crippen LogP contribution in [0.1, 0.15) is 24.0 Å². The van der Waals surface area contributed by atoms with Crippen LogP contribution < -0.4 is 15.5 Å². The number of anilines is 3. The molecule has 9 nitrogen and oxygen atoms in total. The van der Waals surface area contributed by atoms with Crippen LogP contribution in [-0.2, 0) is 11.2 Å². The van der Waals surface area contributed by atoms with E-state index in [1.165, 1.54) is 0 Å². The van der Waals surface area contributed by atoms with Gasteiger partial charge in [-0.15, -0.1) is 0 Å². The highest BCUT2D eigenvalue weighted by Crippen LogP contribution is 2.21. The zero-order chi connectivity index (χ0) is 24.9. The fourth-order valence-electron chi connectivity index (χ4n) is 4.03. The van der Waals surface area contributed by atoms with E-state index in [1.54, 1.807) is 31.5 Å². The molecule has 182 valence electrons. The summed E-state index contributed by atoms with van der Waals surface area (Å²) in [6.45, 7) is 6.22. The molecular weight excluding hydrogens is 452 g/mol. The zero-order valence-corrected chi connectivity index (χ0v) is 20.3. The second-order valence-corrected chi connectivity index (χ2v) is 8.91. The third-order valence-corrected chi connectivity index (χ3v) is 6.03. The van der Waals surface area contributed by atoms with Crippen LogP contribution in [0.3, 0.4) is 0 Å². The highest BCUT2D eigenvalue weighted by Gasteiger charge is 2.22. The monoisotopic (exact) mass is 480 g/mol. The molecule has 0 bridgehead atoms. The molecule has 1 amide bonds. The van der Waals surface area contributed by atoms with Gasteiger partial charge < -0.3 is 15.5 Å². The number of benzene rings is 1. The highest BCUT2D eigenvalue weighted by atomic mass is 16.2. The second kappa shape index (κ2) is 10.6. The minimum Gasteiger partial charge on any atom is -0.325 e. The predicted octanol–water partition coefficient (Wildman–Crippen LogP) is 3.54. The maximum absolute atomic E-state index is 12.2. The average Bonchev–Trinajstić information content (AvgIpc) is 2.84. The lowest BCUT2D eigenvalue weighted by molar-refractivity contribution is -0.116. The van der Waals surface area contributed by atoms with Gasteiger partial charge in [-0.2, -0.15) is 0 Å². The number of hydrogen-bond donors (Lipinski definition) is 2. The largest absolute Gasteiger partial charge is 0.325 e.